The van der Waals surface area contributed by atoms with Crippen LogP contribution in [0.5, 0.6) is 0 Å². The van der Waals surface area contributed by atoms with Gasteiger partial charge in [-0.2, -0.15) is 5.10 Å². The number of sulfonamides is 1. The molecule has 18 heavy (non-hydrogen) atoms. The van der Waals surface area contributed by atoms with Gasteiger partial charge in [-0.25, -0.2) is 12.7 Å². The van der Waals surface area contributed by atoms with E-state index >= 15 is 0 Å². The number of anilines is 1. The van der Waals surface area contributed by atoms with Crippen LogP contribution in [0.25, 0.3) is 0 Å². The van der Waals surface area contributed by atoms with Crippen molar-refractivity contribution in [1.82, 2.24) is 14.1 Å². The summed E-state index contributed by atoms with van der Waals surface area (Å²) in [4.78, 5) is 0.0367. The molecule has 1 aromatic rings. The molecule has 7 nitrogen and oxygen atoms in total. The quantitative estimate of drug-likeness (QED) is 0.671. The third kappa shape index (κ3) is 3.44. The molecule has 1 heterocycles. The molecule has 0 spiro atoms. The van der Waals surface area contributed by atoms with Gasteiger partial charge >= 0.3 is 0 Å². The molecule has 104 valence electrons. The van der Waals surface area contributed by atoms with Gasteiger partial charge in [0, 0.05) is 33.4 Å². The molecular weight excluding hydrogens is 256 g/mol. The molecule has 0 unspecified atom stereocenters. The van der Waals surface area contributed by atoms with E-state index in [0.717, 1.165) is 6.42 Å². The number of aryl methyl sites for hydroxylation is 1. The van der Waals surface area contributed by atoms with Crippen molar-refractivity contribution in [3.8, 4) is 0 Å². The Morgan fingerprint density at radius 3 is 2.61 bits per heavy atom. The molecule has 0 fully saturated rings. The van der Waals surface area contributed by atoms with E-state index in [0.29, 0.717) is 19.4 Å². The van der Waals surface area contributed by atoms with Crippen molar-refractivity contribution in [3.05, 3.63) is 6.20 Å². The second-order valence-corrected chi connectivity index (χ2v) is 6.18. The summed E-state index contributed by atoms with van der Waals surface area (Å²) in [5, 5.41) is 12.5. The summed E-state index contributed by atoms with van der Waals surface area (Å²) in [7, 11) is -0.437. The average Bonchev–Trinajstić information content (AvgIpc) is 2.64. The highest BCUT2D eigenvalue weighted by atomic mass is 32.2. The molecule has 3 N–H and O–H groups in total. The second-order valence-electron chi connectivity index (χ2n) is 4.16. The summed E-state index contributed by atoms with van der Waals surface area (Å²) < 4.78 is 27.0. The molecule has 0 aliphatic rings. The zero-order valence-electron chi connectivity index (χ0n) is 10.7. The van der Waals surface area contributed by atoms with Crippen LogP contribution in [0.15, 0.2) is 11.1 Å². The lowest BCUT2D eigenvalue weighted by Gasteiger charge is -2.16. The zero-order valence-corrected chi connectivity index (χ0v) is 11.5. The van der Waals surface area contributed by atoms with Gasteiger partial charge in [0.15, 0.2) is 5.82 Å². The van der Waals surface area contributed by atoms with E-state index in [4.69, 9.17) is 10.8 Å². The van der Waals surface area contributed by atoms with Gasteiger partial charge < -0.3 is 10.8 Å². The van der Waals surface area contributed by atoms with Gasteiger partial charge in [-0.1, -0.05) is 0 Å². The van der Waals surface area contributed by atoms with E-state index in [1.165, 1.54) is 22.2 Å². The SMILES string of the molecule is CN(CCCCCO)S(=O)(=O)c1cn(C)nc1N. The standard InChI is InChI=1S/C10H20N4O3S/c1-13-8-9(10(11)12-13)18(16,17)14(2)6-4-3-5-7-15/h8,15H,3-7H2,1-2H3,(H2,11,12). The first-order valence-electron chi connectivity index (χ1n) is 5.76. The first kappa shape index (κ1) is 14.9. The third-order valence-electron chi connectivity index (χ3n) is 2.64. The van der Waals surface area contributed by atoms with E-state index in [1.54, 1.807) is 7.05 Å². The van der Waals surface area contributed by atoms with Crippen molar-refractivity contribution < 1.29 is 13.5 Å². The Morgan fingerprint density at radius 2 is 2.11 bits per heavy atom. The highest BCUT2D eigenvalue weighted by Gasteiger charge is 2.25. The molecule has 0 bridgehead atoms. The minimum Gasteiger partial charge on any atom is -0.396 e. The second kappa shape index (κ2) is 6.17. The third-order valence-corrected chi connectivity index (χ3v) is 4.51. The van der Waals surface area contributed by atoms with Gasteiger partial charge in [0.25, 0.3) is 0 Å². The maximum Gasteiger partial charge on any atom is 0.248 e. The van der Waals surface area contributed by atoms with Crippen LogP contribution in [0, 0.1) is 0 Å². The molecule has 0 aromatic carbocycles. The predicted octanol–water partition coefficient (Wildman–Crippen LogP) is -0.215. The molecule has 0 atom stereocenters. The normalized spacial score (nSPS) is 12.2. The number of aliphatic hydroxyl groups excluding tert-OH is 1. The van der Waals surface area contributed by atoms with Gasteiger partial charge in [-0.15, -0.1) is 0 Å². The Hall–Kier alpha value is -1.12. The summed E-state index contributed by atoms with van der Waals surface area (Å²) in [6.45, 7) is 0.530. The molecule has 1 rings (SSSR count). The van der Waals surface area contributed by atoms with Crippen LogP contribution in [-0.4, -0.2) is 47.8 Å². The highest BCUT2D eigenvalue weighted by molar-refractivity contribution is 7.89. The average molecular weight is 276 g/mol. The van der Waals surface area contributed by atoms with Crippen LogP contribution in [0.4, 0.5) is 5.82 Å². The van der Waals surface area contributed by atoms with E-state index in [9.17, 15) is 8.42 Å². The summed E-state index contributed by atoms with van der Waals surface area (Å²) in [6.07, 6.45) is 3.58. The number of nitrogens with zero attached hydrogens (tertiary/aromatic N) is 3. The summed E-state index contributed by atoms with van der Waals surface area (Å²) in [5.41, 5.74) is 5.57. The largest absolute Gasteiger partial charge is 0.396 e. The minimum atomic E-state index is -3.57. The van der Waals surface area contributed by atoms with Crippen molar-refractivity contribution in [1.29, 1.82) is 0 Å². The lowest BCUT2D eigenvalue weighted by molar-refractivity contribution is 0.281. The maximum absolute atomic E-state index is 12.2. The van der Waals surface area contributed by atoms with Crippen molar-refractivity contribution in [2.75, 3.05) is 25.9 Å². The summed E-state index contributed by atoms with van der Waals surface area (Å²) in [6, 6.07) is 0. The fraction of sp³-hybridized carbons (Fsp3) is 0.700. The number of nitrogens with two attached hydrogens (primary N) is 1. The first-order valence-corrected chi connectivity index (χ1v) is 7.20. The minimum absolute atomic E-state index is 0.0136. The van der Waals surface area contributed by atoms with Crippen molar-refractivity contribution in [2.24, 2.45) is 7.05 Å². The predicted molar refractivity (Wildman–Crippen MR) is 68.4 cm³/mol. The lowest BCUT2D eigenvalue weighted by atomic mass is 10.2. The molecule has 0 aliphatic heterocycles. The molecular formula is C10H20N4O3S. The molecule has 0 aliphatic carbocycles. The molecule has 8 heteroatoms. The van der Waals surface area contributed by atoms with E-state index in [2.05, 4.69) is 5.10 Å². The number of aliphatic hydroxyl groups is 1. The number of aromatic nitrogens is 2. The fourth-order valence-corrected chi connectivity index (χ4v) is 2.89. The Balaban J connectivity index is 2.71. The van der Waals surface area contributed by atoms with E-state index in [1.807, 2.05) is 0 Å². The highest BCUT2D eigenvalue weighted by Crippen LogP contribution is 2.19. The number of nitrogen functional groups attached to an aromatic ring is 1. The van der Waals surface area contributed by atoms with E-state index < -0.39 is 10.0 Å². The van der Waals surface area contributed by atoms with Crippen LogP contribution in [0.3, 0.4) is 0 Å². The van der Waals surface area contributed by atoms with Crippen LogP contribution in [-0.2, 0) is 17.1 Å². The van der Waals surface area contributed by atoms with Crippen LogP contribution < -0.4 is 5.73 Å². The zero-order chi connectivity index (χ0) is 13.8. The molecule has 0 saturated heterocycles. The maximum atomic E-state index is 12.2. The Bertz CT molecular complexity index is 483. The fourth-order valence-electron chi connectivity index (χ4n) is 1.59. The van der Waals surface area contributed by atoms with Gasteiger partial charge in [-0.05, 0) is 19.3 Å². The number of hydrogen-bond acceptors (Lipinski definition) is 5. The molecule has 0 saturated carbocycles. The molecule has 0 radical (unpaired) electrons. The van der Waals surface area contributed by atoms with Gasteiger partial charge in [-0.3, -0.25) is 4.68 Å². The smallest absolute Gasteiger partial charge is 0.248 e. The lowest BCUT2D eigenvalue weighted by Crippen LogP contribution is -2.28. The van der Waals surface area contributed by atoms with Crippen molar-refractivity contribution in [3.63, 3.8) is 0 Å². The Kier molecular flexibility index (Phi) is 5.12. The van der Waals surface area contributed by atoms with Crippen LogP contribution in [0.1, 0.15) is 19.3 Å². The van der Waals surface area contributed by atoms with Gasteiger partial charge in [0.2, 0.25) is 10.0 Å². The first-order chi connectivity index (χ1) is 8.39. The monoisotopic (exact) mass is 276 g/mol. The van der Waals surface area contributed by atoms with Gasteiger partial charge in [0.1, 0.15) is 4.90 Å². The van der Waals surface area contributed by atoms with Crippen molar-refractivity contribution in [2.45, 2.75) is 24.2 Å². The summed E-state index contributed by atoms with van der Waals surface area (Å²) in [5.74, 6) is 0.0136. The number of hydrogen-bond donors (Lipinski definition) is 2. The number of unbranched alkanes of at least 4 members (excludes halogenated alkanes) is 2. The molecule has 0 amide bonds. The molecule has 1 aromatic heterocycles. The Morgan fingerprint density at radius 1 is 1.44 bits per heavy atom. The van der Waals surface area contributed by atoms with Crippen LogP contribution >= 0.6 is 0 Å². The van der Waals surface area contributed by atoms with E-state index in [-0.39, 0.29) is 17.3 Å². The van der Waals surface area contributed by atoms with Crippen LogP contribution in [0.2, 0.25) is 0 Å². The summed E-state index contributed by atoms with van der Waals surface area (Å²) >= 11 is 0. The number of rotatable bonds is 7. The Labute approximate surface area is 107 Å². The topological polar surface area (TPSA) is 101 Å². The van der Waals surface area contributed by atoms with Gasteiger partial charge in [0.05, 0.1) is 0 Å². The van der Waals surface area contributed by atoms with Crippen molar-refractivity contribution >= 4 is 15.8 Å².